The molecule has 1 amide bonds. The van der Waals surface area contributed by atoms with Gasteiger partial charge in [-0.2, -0.15) is 0 Å². The summed E-state index contributed by atoms with van der Waals surface area (Å²) in [6, 6.07) is 11.0. The topological polar surface area (TPSA) is 62.6 Å². The molecule has 1 aromatic carbocycles. The number of nitrogens with one attached hydrogen (secondary N) is 1. The molecule has 6 heteroatoms. The average molecular weight is 358 g/mol. The Labute approximate surface area is 150 Å². The number of piperidine rings is 1. The van der Waals surface area contributed by atoms with Crippen LogP contribution in [-0.4, -0.2) is 27.0 Å². The average Bonchev–Trinajstić information content (AvgIpc) is 3.14. The summed E-state index contributed by atoms with van der Waals surface area (Å²) < 4.78 is 19.9. The number of nitrogens with zero attached hydrogens (tertiary/aromatic N) is 1. The first-order valence-corrected chi connectivity index (χ1v) is 9.55. The lowest BCUT2D eigenvalue weighted by molar-refractivity contribution is -0.111. The molecule has 0 radical (unpaired) electrons. The van der Waals surface area contributed by atoms with Crippen LogP contribution in [0.5, 0.6) is 0 Å². The molecule has 2 unspecified atom stereocenters. The van der Waals surface area contributed by atoms with Crippen molar-refractivity contribution >= 4 is 28.7 Å². The van der Waals surface area contributed by atoms with Gasteiger partial charge in [0.1, 0.15) is 16.7 Å². The van der Waals surface area contributed by atoms with Crippen molar-refractivity contribution in [2.45, 2.75) is 37.1 Å². The summed E-state index contributed by atoms with van der Waals surface area (Å²) in [6.07, 6.45) is 7.95. The van der Waals surface area contributed by atoms with Crippen LogP contribution in [0.25, 0.3) is 6.08 Å². The van der Waals surface area contributed by atoms with Crippen molar-refractivity contribution < 1.29 is 13.4 Å². The third-order valence-electron chi connectivity index (χ3n) is 4.22. The van der Waals surface area contributed by atoms with Crippen LogP contribution in [0.3, 0.4) is 0 Å². The first-order valence-electron chi connectivity index (χ1n) is 8.44. The van der Waals surface area contributed by atoms with Gasteiger partial charge >= 0.3 is 0 Å². The number of furan rings is 1. The van der Waals surface area contributed by atoms with Crippen LogP contribution in [0.4, 0.5) is 5.69 Å². The minimum atomic E-state index is -1.15. The summed E-state index contributed by atoms with van der Waals surface area (Å²) in [6.45, 7) is 2.99. The lowest BCUT2D eigenvalue weighted by Crippen LogP contribution is -2.38. The number of hydrogen-bond donors (Lipinski definition) is 1. The molecule has 132 valence electrons. The highest BCUT2D eigenvalue weighted by molar-refractivity contribution is 7.82. The van der Waals surface area contributed by atoms with Gasteiger partial charge in [0.05, 0.1) is 11.2 Å². The summed E-state index contributed by atoms with van der Waals surface area (Å²) >= 11 is 0. The Hall–Kier alpha value is -2.18. The Morgan fingerprint density at radius 2 is 2.08 bits per heavy atom. The molecule has 5 nitrogen and oxygen atoms in total. The second kappa shape index (κ2) is 8.27. The SMILES string of the molecule is CC1CCCCN1S(=O)c1ccc(NC(=O)/C=C/c2ccco2)cc1. The second-order valence-electron chi connectivity index (χ2n) is 6.10. The highest BCUT2D eigenvalue weighted by Crippen LogP contribution is 2.23. The smallest absolute Gasteiger partial charge is 0.248 e. The number of carbonyl (C=O) groups excluding carboxylic acids is 1. The Kier molecular flexibility index (Phi) is 5.83. The Morgan fingerprint density at radius 3 is 2.76 bits per heavy atom. The van der Waals surface area contributed by atoms with Crippen LogP contribution < -0.4 is 5.32 Å². The third-order valence-corrected chi connectivity index (χ3v) is 5.86. The van der Waals surface area contributed by atoms with E-state index in [1.807, 2.05) is 16.4 Å². The molecule has 1 aliphatic heterocycles. The van der Waals surface area contributed by atoms with Gasteiger partial charge in [-0.05, 0) is 62.2 Å². The van der Waals surface area contributed by atoms with Crippen LogP contribution >= 0.6 is 0 Å². The number of benzene rings is 1. The maximum absolute atomic E-state index is 12.7. The molecule has 1 saturated heterocycles. The van der Waals surface area contributed by atoms with E-state index in [4.69, 9.17) is 4.42 Å². The van der Waals surface area contributed by atoms with E-state index in [1.165, 1.54) is 12.5 Å². The molecule has 0 saturated carbocycles. The Balaban J connectivity index is 1.60. The first-order chi connectivity index (χ1) is 12.1. The molecule has 25 heavy (non-hydrogen) atoms. The van der Waals surface area contributed by atoms with Gasteiger partial charge in [0.2, 0.25) is 5.91 Å². The molecule has 2 atom stereocenters. The normalized spacial score (nSPS) is 19.8. The summed E-state index contributed by atoms with van der Waals surface area (Å²) in [5.74, 6) is 0.381. The number of anilines is 1. The van der Waals surface area contributed by atoms with Crippen molar-refractivity contribution in [1.29, 1.82) is 0 Å². The Morgan fingerprint density at radius 1 is 1.28 bits per heavy atom. The number of rotatable bonds is 5. The minimum absolute atomic E-state index is 0.241. The van der Waals surface area contributed by atoms with Crippen LogP contribution in [0, 0.1) is 0 Å². The molecule has 1 aliphatic rings. The maximum Gasteiger partial charge on any atom is 0.248 e. The summed E-state index contributed by atoms with van der Waals surface area (Å²) in [5, 5.41) is 2.78. The van der Waals surface area contributed by atoms with Crippen molar-refractivity contribution in [3.8, 4) is 0 Å². The minimum Gasteiger partial charge on any atom is -0.465 e. The van der Waals surface area contributed by atoms with Gasteiger partial charge in [0.15, 0.2) is 0 Å². The highest BCUT2D eigenvalue weighted by Gasteiger charge is 2.24. The van der Waals surface area contributed by atoms with Gasteiger partial charge in [0, 0.05) is 24.4 Å². The van der Waals surface area contributed by atoms with E-state index in [0.29, 0.717) is 17.5 Å². The second-order valence-corrected chi connectivity index (χ2v) is 7.54. The summed E-state index contributed by atoms with van der Waals surface area (Å²) in [5.41, 5.74) is 0.668. The molecular formula is C19H22N2O3S. The molecule has 2 heterocycles. The van der Waals surface area contributed by atoms with Gasteiger partial charge in [0.25, 0.3) is 0 Å². The van der Waals surface area contributed by atoms with Crippen LogP contribution in [-0.2, 0) is 15.8 Å². The predicted octanol–water partition coefficient (Wildman–Crippen LogP) is 3.83. The zero-order valence-electron chi connectivity index (χ0n) is 14.2. The number of hydrogen-bond acceptors (Lipinski definition) is 3. The molecule has 0 spiro atoms. The zero-order chi connectivity index (χ0) is 17.6. The van der Waals surface area contributed by atoms with Gasteiger partial charge < -0.3 is 9.73 Å². The van der Waals surface area contributed by atoms with E-state index in [9.17, 15) is 9.00 Å². The third kappa shape index (κ3) is 4.67. The molecule has 2 aromatic rings. The first kappa shape index (κ1) is 17.6. The largest absolute Gasteiger partial charge is 0.465 e. The maximum atomic E-state index is 12.7. The molecule has 1 fully saturated rings. The fourth-order valence-electron chi connectivity index (χ4n) is 2.84. The van der Waals surface area contributed by atoms with Crippen molar-refractivity contribution in [3.63, 3.8) is 0 Å². The van der Waals surface area contributed by atoms with E-state index in [2.05, 4.69) is 12.2 Å². The van der Waals surface area contributed by atoms with E-state index in [0.717, 1.165) is 24.3 Å². The summed E-state index contributed by atoms with van der Waals surface area (Å²) in [7, 11) is -1.15. The van der Waals surface area contributed by atoms with Crippen molar-refractivity contribution in [3.05, 3.63) is 54.5 Å². The van der Waals surface area contributed by atoms with Crippen LogP contribution in [0.2, 0.25) is 0 Å². The van der Waals surface area contributed by atoms with Gasteiger partial charge in [-0.3, -0.25) is 4.79 Å². The number of amides is 1. The zero-order valence-corrected chi connectivity index (χ0v) is 15.0. The van der Waals surface area contributed by atoms with Gasteiger partial charge in [-0.1, -0.05) is 6.42 Å². The van der Waals surface area contributed by atoms with Crippen molar-refractivity contribution in [1.82, 2.24) is 4.31 Å². The van der Waals surface area contributed by atoms with Gasteiger partial charge in [-0.25, -0.2) is 8.51 Å². The monoisotopic (exact) mass is 358 g/mol. The van der Waals surface area contributed by atoms with E-state index < -0.39 is 11.0 Å². The number of carbonyl (C=O) groups is 1. The van der Waals surface area contributed by atoms with E-state index in [-0.39, 0.29) is 5.91 Å². The predicted molar refractivity (Wildman–Crippen MR) is 99.2 cm³/mol. The molecule has 1 N–H and O–H groups in total. The standard InChI is InChI=1S/C19H22N2O3S/c1-15-5-2-3-13-21(15)25(23)18-10-7-16(8-11-18)20-19(22)12-9-17-6-4-14-24-17/h4,6-12,14-15H,2-3,5,13H2,1H3,(H,20,22)/b12-9+. The molecule has 0 aliphatic carbocycles. The highest BCUT2D eigenvalue weighted by atomic mass is 32.2. The van der Waals surface area contributed by atoms with E-state index >= 15 is 0 Å². The van der Waals surface area contributed by atoms with Crippen LogP contribution in [0.1, 0.15) is 31.9 Å². The van der Waals surface area contributed by atoms with Crippen molar-refractivity contribution in [2.24, 2.45) is 0 Å². The quantitative estimate of drug-likeness (QED) is 0.826. The Bertz CT molecular complexity index is 753. The molecule has 0 bridgehead atoms. The fourth-order valence-corrected chi connectivity index (χ4v) is 4.20. The lowest BCUT2D eigenvalue weighted by atomic mass is 10.1. The lowest BCUT2D eigenvalue weighted by Gasteiger charge is -2.31. The molecule has 1 aromatic heterocycles. The summed E-state index contributed by atoms with van der Waals surface area (Å²) in [4.78, 5) is 12.7. The molecule has 3 rings (SSSR count). The molecular weight excluding hydrogens is 336 g/mol. The van der Waals surface area contributed by atoms with Crippen molar-refractivity contribution in [2.75, 3.05) is 11.9 Å². The van der Waals surface area contributed by atoms with Crippen LogP contribution in [0.15, 0.2) is 58.1 Å². The van der Waals surface area contributed by atoms with Gasteiger partial charge in [-0.15, -0.1) is 0 Å². The fraction of sp³-hybridized carbons (Fsp3) is 0.316. The van der Waals surface area contributed by atoms with E-state index in [1.54, 1.807) is 36.6 Å².